The van der Waals surface area contributed by atoms with Crippen LogP contribution in [0.1, 0.15) is 53.4 Å². The first-order valence-corrected chi connectivity index (χ1v) is 8.15. The third kappa shape index (κ3) is 4.15. The van der Waals surface area contributed by atoms with Crippen molar-refractivity contribution in [3.63, 3.8) is 0 Å². The number of rotatable bonds is 2. The second kappa shape index (κ2) is 5.10. The maximum Gasteiger partial charge on any atom is 0.0161 e. The smallest absolute Gasteiger partial charge is 0.0161 e. The average molecular weight is 256 g/mol. The Morgan fingerprint density at radius 2 is 1.71 bits per heavy atom. The molecule has 0 aromatic heterocycles. The topological polar surface area (TPSA) is 24.1 Å². The van der Waals surface area contributed by atoms with Crippen molar-refractivity contribution in [2.75, 3.05) is 11.5 Å². The van der Waals surface area contributed by atoms with Gasteiger partial charge in [-0.1, -0.05) is 0 Å². The lowest BCUT2D eigenvalue weighted by Gasteiger charge is -2.47. The van der Waals surface area contributed by atoms with Gasteiger partial charge in [0.25, 0.3) is 0 Å². The van der Waals surface area contributed by atoms with Crippen LogP contribution < -0.4 is 10.6 Å². The molecule has 1 atom stereocenters. The van der Waals surface area contributed by atoms with Gasteiger partial charge in [-0.05, 0) is 59.1 Å². The van der Waals surface area contributed by atoms with Crippen LogP contribution >= 0.6 is 11.8 Å². The second-order valence-corrected chi connectivity index (χ2v) is 8.23. The summed E-state index contributed by atoms with van der Waals surface area (Å²) in [5.41, 5.74) is 0.530. The molecule has 0 radical (unpaired) electrons. The van der Waals surface area contributed by atoms with E-state index in [0.717, 1.165) is 6.04 Å². The highest BCUT2D eigenvalue weighted by molar-refractivity contribution is 7.99. The van der Waals surface area contributed by atoms with Crippen molar-refractivity contribution in [1.29, 1.82) is 0 Å². The van der Waals surface area contributed by atoms with Gasteiger partial charge in [0.1, 0.15) is 0 Å². The van der Waals surface area contributed by atoms with Crippen molar-refractivity contribution >= 4 is 11.8 Å². The van der Waals surface area contributed by atoms with Crippen molar-refractivity contribution < 1.29 is 0 Å². The summed E-state index contributed by atoms with van der Waals surface area (Å²) in [6, 6.07) is 1.44. The van der Waals surface area contributed by atoms with E-state index in [2.05, 4.69) is 50.1 Å². The third-order valence-corrected chi connectivity index (χ3v) is 5.04. The molecule has 0 aromatic carbocycles. The first-order chi connectivity index (χ1) is 7.86. The molecule has 17 heavy (non-hydrogen) atoms. The summed E-state index contributed by atoms with van der Waals surface area (Å²) >= 11 is 2.11. The first-order valence-electron chi connectivity index (χ1n) is 6.99. The van der Waals surface area contributed by atoms with Crippen molar-refractivity contribution in [3.05, 3.63) is 0 Å². The van der Waals surface area contributed by atoms with E-state index < -0.39 is 0 Å². The Labute approximate surface area is 111 Å². The Balaban J connectivity index is 1.91. The van der Waals surface area contributed by atoms with Crippen molar-refractivity contribution in [3.8, 4) is 0 Å². The summed E-state index contributed by atoms with van der Waals surface area (Å²) in [5.74, 6) is 2.67. The minimum absolute atomic E-state index is 0.265. The van der Waals surface area contributed by atoms with Gasteiger partial charge < -0.3 is 10.6 Å². The first kappa shape index (κ1) is 13.7. The highest BCUT2D eigenvalue weighted by Crippen LogP contribution is 2.29. The van der Waals surface area contributed by atoms with Crippen molar-refractivity contribution in [2.24, 2.45) is 0 Å². The number of thioether (sulfide) groups is 1. The normalized spacial score (nSPS) is 33.5. The Hall–Kier alpha value is 0.270. The van der Waals surface area contributed by atoms with E-state index in [0.29, 0.717) is 6.04 Å². The molecular formula is C14H28N2S. The molecule has 2 heterocycles. The van der Waals surface area contributed by atoms with Crippen LogP contribution in [-0.4, -0.2) is 34.7 Å². The van der Waals surface area contributed by atoms with Gasteiger partial charge in [0, 0.05) is 28.9 Å². The predicted octanol–water partition coefficient (Wildman–Crippen LogP) is 2.78. The number of nitrogens with one attached hydrogen (secondary N) is 2. The van der Waals surface area contributed by atoms with Crippen LogP contribution in [0.25, 0.3) is 0 Å². The largest absolute Gasteiger partial charge is 0.310 e. The lowest BCUT2D eigenvalue weighted by Crippen LogP contribution is -2.62. The summed E-state index contributed by atoms with van der Waals surface area (Å²) in [5, 5.41) is 7.66. The molecule has 2 aliphatic heterocycles. The quantitative estimate of drug-likeness (QED) is 0.794. The molecule has 0 aromatic rings. The Bertz CT molecular complexity index is 241. The van der Waals surface area contributed by atoms with Gasteiger partial charge in [0.2, 0.25) is 0 Å². The highest BCUT2D eigenvalue weighted by Gasteiger charge is 2.38. The van der Waals surface area contributed by atoms with Crippen LogP contribution in [0.15, 0.2) is 0 Å². The van der Waals surface area contributed by atoms with Gasteiger partial charge in [-0.3, -0.25) is 0 Å². The fourth-order valence-corrected chi connectivity index (χ4v) is 4.73. The molecule has 3 heteroatoms. The van der Waals surface area contributed by atoms with E-state index in [1.54, 1.807) is 0 Å². The minimum Gasteiger partial charge on any atom is -0.310 e. The molecule has 0 spiro atoms. The van der Waals surface area contributed by atoms with Crippen LogP contribution in [-0.2, 0) is 0 Å². The zero-order valence-electron chi connectivity index (χ0n) is 11.8. The predicted molar refractivity (Wildman–Crippen MR) is 77.8 cm³/mol. The number of piperidine rings is 1. The average Bonchev–Trinajstić information content (AvgIpc) is 2.13. The zero-order chi connectivity index (χ0) is 12.5. The van der Waals surface area contributed by atoms with Gasteiger partial charge in [-0.2, -0.15) is 11.8 Å². The van der Waals surface area contributed by atoms with Crippen LogP contribution in [0.4, 0.5) is 0 Å². The Morgan fingerprint density at radius 3 is 2.24 bits per heavy atom. The summed E-state index contributed by atoms with van der Waals surface area (Å²) in [6.45, 7) is 9.33. The van der Waals surface area contributed by atoms with E-state index in [-0.39, 0.29) is 11.1 Å². The van der Waals surface area contributed by atoms with E-state index >= 15 is 0 Å². The van der Waals surface area contributed by atoms with Crippen LogP contribution in [0.5, 0.6) is 0 Å². The van der Waals surface area contributed by atoms with E-state index in [9.17, 15) is 0 Å². The van der Waals surface area contributed by atoms with Gasteiger partial charge in [-0.25, -0.2) is 0 Å². The fraction of sp³-hybridized carbons (Fsp3) is 1.00. The summed E-state index contributed by atoms with van der Waals surface area (Å²) in [7, 11) is 0. The molecule has 2 saturated heterocycles. The molecule has 100 valence electrons. The van der Waals surface area contributed by atoms with Gasteiger partial charge in [-0.15, -0.1) is 0 Å². The van der Waals surface area contributed by atoms with Crippen LogP contribution in [0.3, 0.4) is 0 Å². The van der Waals surface area contributed by atoms with Crippen LogP contribution in [0, 0.1) is 0 Å². The van der Waals surface area contributed by atoms with Gasteiger partial charge in [0.15, 0.2) is 0 Å². The maximum atomic E-state index is 3.91. The fourth-order valence-electron chi connectivity index (χ4n) is 3.65. The maximum absolute atomic E-state index is 3.91. The molecule has 0 amide bonds. The zero-order valence-corrected chi connectivity index (χ0v) is 12.6. The molecule has 0 saturated carbocycles. The minimum atomic E-state index is 0.265. The van der Waals surface area contributed by atoms with Gasteiger partial charge >= 0.3 is 0 Å². The van der Waals surface area contributed by atoms with E-state index in [4.69, 9.17) is 0 Å². The Kier molecular flexibility index (Phi) is 4.11. The van der Waals surface area contributed by atoms with E-state index in [1.807, 2.05) is 0 Å². The summed E-state index contributed by atoms with van der Waals surface area (Å²) in [6.07, 6.45) is 5.26. The lowest BCUT2D eigenvalue weighted by atomic mass is 9.79. The second-order valence-electron chi connectivity index (χ2n) is 7.08. The lowest BCUT2D eigenvalue weighted by molar-refractivity contribution is 0.140. The van der Waals surface area contributed by atoms with Crippen LogP contribution in [0.2, 0.25) is 0 Å². The monoisotopic (exact) mass is 256 g/mol. The molecule has 2 aliphatic rings. The number of hydrogen-bond acceptors (Lipinski definition) is 3. The molecule has 0 bridgehead atoms. The van der Waals surface area contributed by atoms with E-state index in [1.165, 1.54) is 37.2 Å². The molecule has 2 nitrogen and oxygen atoms in total. The summed E-state index contributed by atoms with van der Waals surface area (Å²) in [4.78, 5) is 0. The SMILES string of the molecule is CC1(C)CC(NC2CCCSC2)CC(C)(C)N1. The molecule has 2 fully saturated rings. The molecule has 0 aliphatic carbocycles. The van der Waals surface area contributed by atoms with Gasteiger partial charge in [0.05, 0.1) is 0 Å². The standard InChI is InChI=1S/C14H28N2S/c1-13(2)8-12(9-14(3,4)16-13)15-11-6-5-7-17-10-11/h11-12,15-16H,5-10H2,1-4H3. The van der Waals surface area contributed by atoms with Crippen molar-refractivity contribution in [2.45, 2.75) is 76.5 Å². The molecular weight excluding hydrogens is 228 g/mol. The van der Waals surface area contributed by atoms with Crippen molar-refractivity contribution in [1.82, 2.24) is 10.6 Å². The molecule has 2 N–H and O–H groups in total. The third-order valence-electron chi connectivity index (χ3n) is 3.82. The molecule has 2 rings (SSSR count). The summed E-state index contributed by atoms with van der Waals surface area (Å²) < 4.78 is 0. The highest BCUT2D eigenvalue weighted by atomic mass is 32.2. The Morgan fingerprint density at radius 1 is 1.06 bits per heavy atom. The molecule has 1 unspecified atom stereocenters. The number of hydrogen-bond donors (Lipinski definition) is 2.